The highest BCUT2D eigenvalue weighted by Gasteiger charge is 2.27. The van der Waals surface area contributed by atoms with Gasteiger partial charge in [-0.25, -0.2) is 4.98 Å². The van der Waals surface area contributed by atoms with Crippen molar-refractivity contribution in [1.29, 1.82) is 0 Å². The molecule has 100 valence electrons. The second-order valence-electron chi connectivity index (χ2n) is 4.97. The van der Waals surface area contributed by atoms with Crippen molar-refractivity contribution in [2.75, 3.05) is 0 Å². The molecule has 0 spiro atoms. The quantitative estimate of drug-likeness (QED) is 0.803. The molecule has 3 aromatic rings. The van der Waals surface area contributed by atoms with E-state index in [4.69, 9.17) is 0 Å². The van der Waals surface area contributed by atoms with Gasteiger partial charge in [0.1, 0.15) is 9.71 Å². The first kappa shape index (κ1) is 11.7. The standard InChI is InChI=1S/C15H13N3OS/c19-14(17-10-5-6-10)13-12(18-8-1-2-9-18)11-4-3-7-16-15(11)20-13/h1-4,7-10H,5-6H2,(H,17,19). The molecule has 0 aliphatic heterocycles. The lowest BCUT2D eigenvalue weighted by Gasteiger charge is -2.06. The average Bonchev–Trinajstić information content (AvgIpc) is 2.99. The van der Waals surface area contributed by atoms with Crippen LogP contribution in [0.2, 0.25) is 0 Å². The number of nitrogens with zero attached hydrogens (tertiary/aromatic N) is 2. The Morgan fingerprint density at radius 1 is 1.30 bits per heavy atom. The second kappa shape index (κ2) is 4.45. The van der Waals surface area contributed by atoms with Crippen LogP contribution in [0.5, 0.6) is 0 Å². The molecule has 4 nitrogen and oxygen atoms in total. The molecule has 1 saturated carbocycles. The number of fused-ring (bicyclic) bond motifs is 1. The minimum absolute atomic E-state index is 0.0131. The molecule has 4 rings (SSSR count). The third-order valence-corrected chi connectivity index (χ3v) is 4.52. The van der Waals surface area contributed by atoms with Crippen LogP contribution < -0.4 is 5.32 Å². The Kier molecular flexibility index (Phi) is 2.60. The summed E-state index contributed by atoms with van der Waals surface area (Å²) in [6.07, 6.45) is 7.87. The molecule has 1 N–H and O–H groups in total. The van der Waals surface area contributed by atoms with Gasteiger partial charge in [0.2, 0.25) is 0 Å². The largest absolute Gasteiger partial charge is 0.349 e. The van der Waals surface area contributed by atoms with Crippen LogP contribution >= 0.6 is 11.3 Å². The molecule has 0 bridgehead atoms. The number of nitrogens with one attached hydrogen (secondary N) is 1. The van der Waals surface area contributed by atoms with Crippen molar-refractivity contribution >= 4 is 27.5 Å². The molecule has 1 aliphatic rings. The Balaban J connectivity index is 1.90. The van der Waals surface area contributed by atoms with Crippen LogP contribution in [0.25, 0.3) is 15.9 Å². The average molecular weight is 283 g/mol. The molecule has 0 aromatic carbocycles. The number of hydrogen-bond acceptors (Lipinski definition) is 3. The van der Waals surface area contributed by atoms with Gasteiger partial charge < -0.3 is 9.88 Å². The van der Waals surface area contributed by atoms with Crippen molar-refractivity contribution in [1.82, 2.24) is 14.9 Å². The molecule has 1 aliphatic carbocycles. The van der Waals surface area contributed by atoms with Crippen LogP contribution in [0.15, 0.2) is 42.9 Å². The van der Waals surface area contributed by atoms with E-state index < -0.39 is 0 Å². The predicted molar refractivity (Wildman–Crippen MR) is 79.4 cm³/mol. The molecule has 20 heavy (non-hydrogen) atoms. The summed E-state index contributed by atoms with van der Waals surface area (Å²) in [6.45, 7) is 0. The van der Waals surface area contributed by atoms with Gasteiger partial charge in [-0.1, -0.05) is 0 Å². The maximum Gasteiger partial charge on any atom is 0.263 e. The summed E-state index contributed by atoms with van der Waals surface area (Å²) >= 11 is 1.46. The van der Waals surface area contributed by atoms with Gasteiger partial charge in [-0.05, 0) is 37.1 Å². The molecule has 3 aromatic heterocycles. The Morgan fingerprint density at radius 3 is 2.85 bits per heavy atom. The van der Waals surface area contributed by atoms with Gasteiger partial charge in [-0.2, -0.15) is 0 Å². The van der Waals surface area contributed by atoms with Crippen LogP contribution in [-0.4, -0.2) is 21.5 Å². The third kappa shape index (κ3) is 1.91. The number of pyridine rings is 1. The smallest absolute Gasteiger partial charge is 0.263 e. The SMILES string of the molecule is O=C(NC1CC1)c1sc2ncccc2c1-n1cccc1. The zero-order valence-corrected chi connectivity index (χ0v) is 11.6. The van der Waals surface area contributed by atoms with Gasteiger partial charge in [-0.3, -0.25) is 4.79 Å². The molecule has 0 saturated heterocycles. The summed E-state index contributed by atoms with van der Waals surface area (Å²) in [7, 11) is 0. The van der Waals surface area contributed by atoms with E-state index in [0.29, 0.717) is 6.04 Å². The summed E-state index contributed by atoms with van der Waals surface area (Å²) in [5, 5.41) is 4.09. The molecular formula is C15H13N3OS. The van der Waals surface area contributed by atoms with E-state index in [1.165, 1.54) is 11.3 Å². The number of hydrogen-bond donors (Lipinski definition) is 1. The van der Waals surface area contributed by atoms with Crippen LogP contribution in [0.3, 0.4) is 0 Å². The number of aromatic nitrogens is 2. The van der Waals surface area contributed by atoms with Crippen LogP contribution in [-0.2, 0) is 0 Å². The normalized spacial score (nSPS) is 14.6. The maximum atomic E-state index is 12.4. The van der Waals surface area contributed by atoms with Crippen LogP contribution in [0, 0.1) is 0 Å². The first-order valence-corrected chi connectivity index (χ1v) is 7.46. The molecule has 1 amide bonds. The van der Waals surface area contributed by atoms with Gasteiger partial charge >= 0.3 is 0 Å². The fourth-order valence-electron chi connectivity index (χ4n) is 2.29. The molecule has 1 fully saturated rings. The molecule has 0 radical (unpaired) electrons. The highest BCUT2D eigenvalue weighted by Crippen LogP contribution is 2.33. The van der Waals surface area contributed by atoms with Gasteiger partial charge in [0.25, 0.3) is 5.91 Å². The Morgan fingerprint density at radius 2 is 2.10 bits per heavy atom. The van der Waals surface area contributed by atoms with Gasteiger partial charge in [0.15, 0.2) is 0 Å². The highest BCUT2D eigenvalue weighted by atomic mass is 32.1. The van der Waals surface area contributed by atoms with Crippen LogP contribution in [0.1, 0.15) is 22.5 Å². The number of rotatable bonds is 3. The van der Waals surface area contributed by atoms with Gasteiger partial charge in [-0.15, -0.1) is 11.3 Å². The summed E-state index contributed by atoms with van der Waals surface area (Å²) in [6, 6.07) is 8.20. The number of amides is 1. The van der Waals surface area contributed by atoms with E-state index in [1.807, 2.05) is 41.2 Å². The van der Waals surface area contributed by atoms with Crippen molar-refractivity contribution in [2.45, 2.75) is 18.9 Å². The Hall–Kier alpha value is -2.14. The minimum atomic E-state index is 0.0131. The van der Waals surface area contributed by atoms with Crippen molar-refractivity contribution in [3.8, 4) is 5.69 Å². The summed E-state index contributed by atoms with van der Waals surface area (Å²) in [4.78, 5) is 18.5. The Labute approximate surface area is 120 Å². The predicted octanol–water partition coefficient (Wildman–Crippen LogP) is 2.98. The molecular weight excluding hydrogens is 270 g/mol. The zero-order chi connectivity index (χ0) is 13.5. The highest BCUT2D eigenvalue weighted by molar-refractivity contribution is 7.21. The van der Waals surface area contributed by atoms with Crippen LogP contribution in [0.4, 0.5) is 0 Å². The lowest BCUT2D eigenvalue weighted by molar-refractivity contribution is 0.0955. The number of carbonyl (C=O) groups excluding carboxylic acids is 1. The summed E-state index contributed by atoms with van der Waals surface area (Å²) in [5.74, 6) is 0.0131. The first-order valence-electron chi connectivity index (χ1n) is 6.64. The van der Waals surface area contributed by atoms with Crippen molar-refractivity contribution in [2.24, 2.45) is 0 Å². The second-order valence-corrected chi connectivity index (χ2v) is 5.97. The van der Waals surface area contributed by atoms with E-state index in [9.17, 15) is 4.79 Å². The lowest BCUT2D eigenvalue weighted by Crippen LogP contribution is -2.25. The molecule has 5 heteroatoms. The number of carbonyl (C=O) groups is 1. The van der Waals surface area contributed by atoms with Crippen molar-refractivity contribution in [3.05, 3.63) is 47.7 Å². The zero-order valence-electron chi connectivity index (χ0n) is 10.7. The lowest BCUT2D eigenvalue weighted by atomic mass is 10.2. The Bertz CT molecular complexity index is 772. The fourth-order valence-corrected chi connectivity index (χ4v) is 3.34. The topological polar surface area (TPSA) is 46.9 Å². The van der Waals surface area contributed by atoms with E-state index in [2.05, 4.69) is 10.3 Å². The maximum absolute atomic E-state index is 12.4. The molecule has 0 unspecified atom stereocenters. The van der Waals surface area contributed by atoms with E-state index in [-0.39, 0.29) is 5.91 Å². The third-order valence-electron chi connectivity index (χ3n) is 3.42. The van der Waals surface area contributed by atoms with Crippen molar-refractivity contribution < 1.29 is 4.79 Å². The van der Waals surface area contributed by atoms with E-state index in [1.54, 1.807) is 6.20 Å². The van der Waals surface area contributed by atoms with Gasteiger partial charge in [0.05, 0.1) is 5.69 Å². The number of thiophene rings is 1. The summed E-state index contributed by atoms with van der Waals surface area (Å²) < 4.78 is 1.99. The summed E-state index contributed by atoms with van der Waals surface area (Å²) in [5.41, 5.74) is 0.932. The first-order chi connectivity index (χ1) is 9.83. The van der Waals surface area contributed by atoms with E-state index in [0.717, 1.165) is 33.6 Å². The van der Waals surface area contributed by atoms with Crippen molar-refractivity contribution in [3.63, 3.8) is 0 Å². The fraction of sp³-hybridized carbons (Fsp3) is 0.200. The molecule has 3 heterocycles. The minimum Gasteiger partial charge on any atom is -0.349 e. The van der Waals surface area contributed by atoms with E-state index >= 15 is 0 Å². The monoisotopic (exact) mass is 283 g/mol. The van der Waals surface area contributed by atoms with Gasteiger partial charge in [0, 0.05) is 30.0 Å². The molecule has 0 atom stereocenters.